The molecule has 9 heteroatoms. The van der Waals surface area contributed by atoms with Crippen LogP contribution in [-0.2, 0) is 16.1 Å². The van der Waals surface area contributed by atoms with Crippen molar-refractivity contribution in [3.05, 3.63) is 69.3 Å². The summed E-state index contributed by atoms with van der Waals surface area (Å²) in [6.07, 6.45) is 0. The number of hydrogen-bond donors (Lipinski definition) is 0. The largest absolute Gasteiger partial charge is 0.495 e. The highest BCUT2D eigenvalue weighted by Gasteiger charge is 2.18. The summed E-state index contributed by atoms with van der Waals surface area (Å²) in [5, 5.41) is 0.609. The molecule has 0 aliphatic rings. The van der Waals surface area contributed by atoms with Gasteiger partial charge in [0.2, 0.25) is 0 Å². The Bertz CT molecular complexity index is 1430. The first-order valence-electron chi connectivity index (χ1n) is 9.45. The van der Waals surface area contributed by atoms with Gasteiger partial charge in [-0.25, -0.2) is 4.79 Å². The Morgan fingerprint density at radius 3 is 2.74 bits per heavy atom. The molecule has 1 amide bonds. The molecule has 8 nitrogen and oxygen atoms in total. The number of methoxy groups -OCH3 is 1. The number of amides is 1. The monoisotopic (exact) mass is 438 g/mol. The average Bonchev–Trinajstić information content (AvgIpc) is 3.10. The van der Waals surface area contributed by atoms with Gasteiger partial charge >= 0.3 is 11.6 Å². The molecule has 0 aliphatic heterocycles. The lowest BCUT2D eigenvalue weighted by molar-refractivity contribution is -0.143. The van der Waals surface area contributed by atoms with Crippen molar-refractivity contribution in [3.63, 3.8) is 0 Å². The zero-order valence-electron chi connectivity index (χ0n) is 16.8. The second-order valence-electron chi connectivity index (χ2n) is 6.49. The van der Waals surface area contributed by atoms with Gasteiger partial charge in [0.25, 0.3) is 5.91 Å². The first-order chi connectivity index (χ1) is 15.0. The van der Waals surface area contributed by atoms with Crippen molar-refractivity contribution >= 4 is 44.4 Å². The molecule has 0 bridgehead atoms. The van der Waals surface area contributed by atoms with Gasteiger partial charge in [-0.2, -0.15) is 4.99 Å². The Morgan fingerprint density at radius 1 is 1.16 bits per heavy atom. The summed E-state index contributed by atoms with van der Waals surface area (Å²) in [7, 11) is 1.52. The second kappa shape index (κ2) is 8.57. The number of ether oxygens (including phenoxy) is 2. The van der Waals surface area contributed by atoms with Crippen LogP contribution in [0.4, 0.5) is 0 Å². The number of aromatic nitrogens is 1. The predicted molar refractivity (Wildman–Crippen MR) is 115 cm³/mol. The number of carbonyl (C=O) groups is 2. The minimum Gasteiger partial charge on any atom is -0.495 e. The SMILES string of the molecule is CCOC(=O)Cn1c(=NC(=O)c2cc3ccccc3oc2=O)sc2cccc(OC)c21. The molecule has 31 heavy (non-hydrogen) atoms. The topological polar surface area (TPSA) is 100 Å². The summed E-state index contributed by atoms with van der Waals surface area (Å²) in [6.45, 7) is 1.78. The van der Waals surface area contributed by atoms with E-state index in [-0.39, 0.29) is 23.5 Å². The number of rotatable bonds is 5. The molecular weight excluding hydrogens is 420 g/mol. The number of para-hydroxylation sites is 2. The summed E-state index contributed by atoms with van der Waals surface area (Å²) in [5.41, 5.74) is 0.0297. The number of carbonyl (C=O) groups excluding carboxylic acids is 2. The van der Waals surface area contributed by atoms with E-state index in [0.717, 1.165) is 4.70 Å². The van der Waals surface area contributed by atoms with Crippen LogP contribution in [0.3, 0.4) is 0 Å². The van der Waals surface area contributed by atoms with Gasteiger partial charge in [0.1, 0.15) is 29.0 Å². The lowest BCUT2D eigenvalue weighted by Gasteiger charge is -2.08. The number of esters is 1. The number of nitrogens with zero attached hydrogens (tertiary/aromatic N) is 2. The highest BCUT2D eigenvalue weighted by molar-refractivity contribution is 7.16. The Labute approximate surface area is 180 Å². The van der Waals surface area contributed by atoms with Crippen LogP contribution in [0.5, 0.6) is 5.75 Å². The number of fused-ring (bicyclic) bond motifs is 2. The molecule has 158 valence electrons. The predicted octanol–water partition coefficient (Wildman–Crippen LogP) is 3.12. The Hall–Kier alpha value is -3.72. The molecule has 0 atom stereocenters. The number of hydrogen-bond acceptors (Lipinski definition) is 7. The summed E-state index contributed by atoms with van der Waals surface area (Å²) in [6, 6.07) is 13.7. The Kier molecular flexibility index (Phi) is 5.68. The van der Waals surface area contributed by atoms with E-state index in [4.69, 9.17) is 13.9 Å². The van der Waals surface area contributed by atoms with Crippen LogP contribution < -0.4 is 15.2 Å². The van der Waals surface area contributed by atoms with Crippen molar-refractivity contribution in [1.82, 2.24) is 4.57 Å². The van der Waals surface area contributed by atoms with E-state index in [9.17, 15) is 14.4 Å². The molecule has 0 saturated heterocycles. The average molecular weight is 438 g/mol. The second-order valence-corrected chi connectivity index (χ2v) is 7.49. The van der Waals surface area contributed by atoms with Gasteiger partial charge < -0.3 is 18.5 Å². The van der Waals surface area contributed by atoms with Gasteiger partial charge in [0, 0.05) is 5.39 Å². The first-order valence-corrected chi connectivity index (χ1v) is 10.3. The van der Waals surface area contributed by atoms with Crippen molar-refractivity contribution in [2.24, 2.45) is 4.99 Å². The third kappa shape index (κ3) is 3.99. The van der Waals surface area contributed by atoms with Gasteiger partial charge in [0.05, 0.1) is 18.4 Å². The molecule has 0 fully saturated rings. The van der Waals surface area contributed by atoms with Crippen LogP contribution in [0.25, 0.3) is 21.2 Å². The van der Waals surface area contributed by atoms with Crippen LogP contribution >= 0.6 is 11.3 Å². The molecule has 4 rings (SSSR count). The van der Waals surface area contributed by atoms with Gasteiger partial charge in [-0.15, -0.1) is 0 Å². The maximum Gasteiger partial charge on any atom is 0.349 e. The molecule has 0 spiro atoms. The molecule has 4 aromatic rings. The van der Waals surface area contributed by atoms with Crippen LogP contribution in [0.15, 0.2) is 62.7 Å². The minimum atomic E-state index is -0.775. The highest BCUT2D eigenvalue weighted by atomic mass is 32.1. The van der Waals surface area contributed by atoms with E-state index in [1.54, 1.807) is 47.9 Å². The molecule has 2 aromatic carbocycles. The molecule has 2 heterocycles. The normalized spacial score (nSPS) is 11.7. The van der Waals surface area contributed by atoms with Crippen molar-refractivity contribution in [1.29, 1.82) is 0 Å². The maximum atomic E-state index is 12.9. The van der Waals surface area contributed by atoms with Gasteiger partial charge in [-0.05, 0) is 31.2 Å². The van der Waals surface area contributed by atoms with Crippen LogP contribution in [0.1, 0.15) is 17.3 Å². The lowest BCUT2D eigenvalue weighted by Crippen LogP contribution is -2.24. The van der Waals surface area contributed by atoms with Crippen LogP contribution in [0, 0.1) is 0 Å². The fraction of sp³-hybridized carbons (Fsp3) is 0.182. The molecule has 0 aliphatic carbocycles. The summed E-state index contributed by atoms with van der Waals surface area (Å²) in [4.78, 5) is 41.8. The molecule has 0 unspecified atom stereocenters. The maximum absolute atomic E-state index is 12.9. The van der Waals surface area contributed by atoms with E-state index in [1.807, 2.05) is 6.07 Å². The van der Waals surface area contributed by atoms with E-state index in [1.165, 1.54) is 24.5 Å². The molecule has 2 aromatic heterocycles. The van der Waals surface area contributed by atoms with E-state index >= 15 is 0 Å². The van der Waals surface area contributed by atoms with Crippen LogP contribution in [0.2, 0.25) is 0 Å². The zero-order valence-corrected chi connectivity index (χ0v) is 17.6. The lowest BCUT2D eigenvalue weighted by atomic mass is 10.2. The Balaban J connectivity index is 1.88. The standard InChI is InChI=1S/C22H18N2O6S/c1-3-29-18(25)12-24-19-16(28-2)9-6-10-17(19)31-22(24)23-20(26)14-11-13-7-4-5-8-15(13)30-21(14)27/h4-11H,3,12H2,1-2H3. The van der Waals surface area contributed by atoms with Crippen molar-refractivity contribution in [3.8, 4) is 5.75 Å². The quantitative estimate of drug-likeness (QED) is 0.351. The minimum absolute atomic E-state index is 0.160. The van der Waals surface area contributed by atoms with E-state index in [2.05, 4.69) is 4.99 Å². The van der Waals surface area contributed by atoms with E-state index < -0.39 is 17.5 Å². The fourth-order valence-electron chi connectivity index (χ4n) is 3.19. The third-order valence-corrected chi connectivity index (χ3v) is 5.59. The Morgan fingerprint density at radius 2 is 1.97 bits per heavy atom. The summed E-state index contributed by atoms with van der Waals surface area (Å²) in [5.74, 6) is -0.716. The van der Waals surface area contributed by atoms with Gasteiger partial charge in [-0.1, -0.05) is 35.6 Å². The van der Waals surface area contributed by atoms with Gasteiger partial charge in [-0.3, -0.25) is 9.59 Å². The number of thiazole rings is 1. The van der Waals surface area contributed by atoms with Gasteiger partial charge in [0.15, 0.2) is 4.80 Å². The third-order valence-electron chi connectivity index (χ3n) is 4.55. The number of benzene rings is 2. The van der Waals surface area contributed by atoms with E-state index in [0.29, 0.717) is 22.2 Å². The summed E-state index contributed by atoms with van der Waals surface area (Å²) >= 11 is 1.20. The zero-order chi connectivity index (χ0) is 22.0. The molecule has 0 radical (unpaired) electrons. The summed E-state index contributed by atoms with van der Waals surface area (Å²) < 4.78 is 18.0. The smallest absolute Gasteiger partial charge is 0.349 e. The first kappa shape index (κ1) is 20.5. The van der Waals surface area contributed by atoms with Crippen molar-refractivity contribution in [2.45, 2.75) is 13.5 Å². The highest BCUT2D eigenvalue weighted by Crippen LogP contribution is 2.27. The molecular formula is C22H18N2O6S. The van der Waals surface area contributed by atoms with Crippen LogP contribution in [-0.4, -0.2) is 30.2 Å². The van der Waals surface area contributed by atoms with Crippen molar-refractivity contribution in [2.75, 3.05) is 13.7 Å². The molecule has 0 N–H and O–H groups in total. The van der Waals surface area contributed by atoms with Crippen molar-refractivity contribution < 1.29 is 23.5 Å². The fourth-order valence-corrected chi connectivity index (χ4v) is 4.23. The molecule has 0 saturated carbocycles.